The van der Waals surface area contributed by atoms with Gasteiger partial charge in [0.2, 0.25) is 0 Å². The van der Waals surface area contributed by atoms with Gasteiger partial charge >= 0.3 is 0 Å². The number of benzene rings is 3. The molecule has 3 aromatic carbocycles. The van der Waals surface area contributed by atoms with E-state index >= 15 is 0 Å². The molecule has 0 aliphatic rings. The maximum atomic E-state index is 13.3. The highest BCUT2D eigenvalue weighted by molar-refractivity contribution is 9.13. The lowest BCUT2D eigenvalue weighted by molar-refractivity contribution is -0.118. The molecule has 202 valence electrons. The average Bonchev–Trinajstić information content (AvgIpc) is 2.92. The largest absolute Gasteiger partial charge is 0.493 e. The summed E-state index contributed by atoms with van der Waals surface area (Å²) in [5.74, 6) is 0.987. The van der Waals surface area contributed by atoms with E-state index in [1.807, 2.05) is 50.2 Å². The average molecular weight is 721 g/mol. The second-order valence-corrected chi connectivity index (χ2v) is 11.1. The molecule has 11 heteroatoms. The van der Waals surface area contributed by atoms with Crippen molar-refractivity contribution in [1.82, 2.24) is 9.66 Å². The van der Waals surface area contributed by atoms with Crippen molar-refractivity contribution in [2.75, 3.05) is 19.0 Å². The molecular weight excluding hydrogens is 696 g/mol. The van der Waals surface area contributed by atoms with Crippen LogP contribution >= 0.6 is 47.8 Å². The number of amides is 1. The summed E-state index contributed by atoms with van der Waals surface area (Å²) in [4.78, 5) is 30.4. The third-order valence-corrected chi connectivity index (χ3v) is 8.36. The van der Waals surface area contributed by atoms with E-state index in [2.05, 4.69) is 63.2 Å². The van der Waals surface area contributed by atoms with Gasteiger partial charge in [-0.05, 0) is 81.6 Å². The van der Waals surface area contributed by atoms with Crippen LogP contribution in [0.2, 0.25) is 0 Å². The highest BCUT2D eigenvalue weighted by atomic mass is 79.9. The molecule has 8 nitrogen and oxygen atoms in total. The summed E-state index contributed by atoms with van der Waals surface area (Å²) in [6, 6.07) is 14.6. The van der Waals surface area contributed by atoms with Gasteiger partial charge in [0.05, 0.1) is 28.7 Å². The van der Waals surface area contributed by atoms with Crippen LogP contribution < -0.4 is 20.3 Å². The number of halogens is 3. The van der Waals surface area contributed by atoms with Crippen LogP contribution in [0.3, 0.4) is 0 Å². The first-order valence-corrected chi connectivity index (χ1v) is 14.4. The fourth-order valence-corrected chi connectivity index (χ4v) is 5.07. The number of anilines is 1. The number of carbonyl (C=O) groups excluding carboxylic acids is 1. The lowest BCUT2D eigenvalue weighted by atomic mass is 10.2. The Morgan fingerprint density at radius 3 is 2.54 bits per heavy atom. The molecule has 0 radical (unpaired) electrons. The van der Waals surface area contributed by atoms with Crippen LogP contribution in [0.15, 0.2) is 71.8 Å². The van der Waals surface area contributed by atoms with E-state index in [4.69, 9.17) is 9.47 Å². The number of hydrogen-bond donors (Lipinski definition) is 1. The van der Waals surface area contributed by atoms with Crippen molar-refractivity contribution in [2.45, 2.75) is 26.7 Å². The van der Waals surface area contributed by atoms with Crippen molar-refractivity contribution in [2.24, 2.45) is 5.10 Å². The van der Waals surface area contributed by atoms with Gasteiger partial charge < -0.3 is 14.8 Å². The number of ether oxygens (including phenoxy) is 2. The number of rotatable bonds is 9. The van der Waals surface area contributed by atoms with Gasteiger partial charge in [-0.15, -0.1) is 0 Å². The zero-order valence-corrected chi connectivity index (χ0v) is 26.2. The molecule has 0 spiro atoms. The van der Waals surface area contributed by atoms with E-state index in [1.54, 1.807) is 18.3 Å². The highest BCUT2D eigenvalue weighted by Crippen LogP contribution is 2.42. The SMILES string of the molecule is CCCc1nc2ccc(Br)cc2c(=O)n1N=Cc1cc(OC)c(OCC(=O)Nc2ccc(C)cc2)c(Br)c1Br. The van der Waals surface area contributed by atoms with E-state index in [1.165, 1.54) is 11.8 Å². The van der Waals surface area contributed by atoms with E-state index in [0.717, 1.165) is 16.5 Å². The predicted octanol–water partition coefficient (Wildman–Crippen LogP) is 6.85. The molecule has 4 aromatic rings. The summed E-state index contributed by atoms with van der Waals surface area (Å²) in [6.07, 6.45) is 2.94. The number of hydrogen-bond acceptors (Lipinski definition) is 6. The Labute approximate surface area is 250 Å². The van der Waals surface area contributed by atoms with Crippen LogP contribution in [0.5, 0.6) is 11.5 Å². The van der Waals surface area contributed by atoms with Crippen molar-refractivity contribution in [1.29, 1.82) is 0 Å². The summed E-state index contributed by atoms with van der Waals surface area (Å²) in [6.45, 7) is 3.77. The van der Waals surface area contributed by atoms with E-state index < -0.39 is 0 Å². The van der Waals surface area contributed by atoms with Crippen molar-refractivity contribution in [3.63, 3.8) is 0 Å². The molecule has 1 aromatic heterocycles. The first-order valence-electron chi connectivity index (χ1n) is 12.0. The first kappa shape index (κ1) is 29.0. The molecule has 1 heterocycles. The minimum atomic E-state index is -0.312. The Bertz CT molecular complexity index is 1620. The van der Waals surface area contributed by atoms with E-state index in [9.17, 15) is 9.59 Å². The quantitative estimate of drug-likeness (QED) is 0.191. The second kappa shape index (κ2) is 12.9. The molecule has 0 bridgehead atoms. The van der Waals surface area contributed by atoms with Crippen LogP contribution in [0.1, 0.15) is 30.3 Å². The van der Waals surface area contributed by atoms with Gasteiger partial charge in [-0.1, -0.05) is 40.5 Å². The Morgan fingerprint density at radius 1 is 1.10 bits per heavy atom. The predicted molar refractivity (Wildman–Crippen MR) is 164 cm³/mol. The van der Waals surface area contributed by atoms with Crippen molar-refractivity contribution < 1.29 is 14.3 Å². The normalized spacial score (nSPS) is 11.2. The zero-order chi connectivity index (χ0) is 28.1. The molecule has 0 unspecified atom stereocenters. The van der Waals surface area contributed by atoms with E-state index in [0.29, 0.717) is 54.8 Å². The first-order chi connectivity index (χ1) is 18.7. The summed E-state index contributed by atoms with van der Waals surface area (Å²) in [5.41, 5.74) is 2.77. The minimum absolute atomic E-state index is 0.225. The smallest absolute Gasteiger partial charge is 0.282 e. The number of aryl methyl sites for hydroxylation is 2. The number of methoxy groups -OCH3 is 1. The molecule has 1 amide bonds. The van der Waals surface area contributed by atoms with Gasteiger partial charge in [0.15, 0.2) is 18.1 Å². The molecule has 0 saturated heterocycles. The molecule has 0 fully saturated rings. The fraction of sp³-hybridized carbons (Fsp3) is 0.214. The van der Waals surface area contributed by atoms with E-state index in [-0.39, 0.29) is 18.1 Å². The number of carbonyl (C=O) groups is 1. The van der Waals surface area contributed by atoms with Gasteiger partial charge in [-0.25, -0.2) is 4.98 Å². The van der Waals surface area contributed by atoms with Gasteiger partial charge in [-0.2, -0.15) is 9.78 Å². The Balaban J connectivity index is 1.62. The fourth-order valence-electron chi connectivity index (χ4n) is 3.78. The van der Waals surface area contributed by atoms with Crippen molar-refractivity contribution in [3.05, 3.63) is 89.3 Å². The minimum Gasteiger partial charge on any atom is -0.493 e. The summed E-state index contributed by atoms with van der Waals surface area (Å²) < 4.78 is 14.6. The zero-order valence-electron chi connectivity index (χ0n) is 21.4. The molecule has 0 aliphatic heterocycles. The Hall–Kier alpha value is -3.02. The summed E-state index contributed by atoms with van der Waals surface area (Å²) >= 11 is 10.5. The maximum absolute atomic E-state index is 13.3. The van der Waals surface area contributed by atoms with Crippen molar-refractivity contribution in [3.8, 4) is 11.5 Å². The lowest BCUT2D eigenvalue weighted by Crippen LogP contribution is -2.22. The topological polar surface area (TPSA) is 94.8 Å². The third-order valence-electron chi connectivity index (χ3n) is 5.72. The molecular formula is C28H25Br3N4O4. The standard InChI is InChI=1S/C28H25Br3N4O4/c1-4-5-23-34-21-11-8-18(29)13-20(21)28(37)35(23)32-14-17-12-22(38-3)27(26(31)25(17)30)39-15-24(36)33-19-9-6-16(2)7-10-19/h6-14H,4-5,15H2,1-3H3,(H,33,36). The molecule has 0 atom stereocenters. The summed E-state index contributed by atoms with van der Waals surface area (Å²) in [7, 11) is 1.50. The Kier molecular flexibility index (Phi) is 9.58. The molecule has 0 aliphatic carbocycles. The van der Waals surface area contributed by atoms with Crippen LogP contribution in [0.4, 0.5) is 5.69 Å². The van der Waals surface area contributed by atoms with Crippen LogP contribution in [0, 0.1) is 6.92 Å². The number of nitrogens with one attached hydrogen (secondary N) is 1. The Morgan fingerprint density at radius 2 is 1.85 bits per heavy atom. The summed E-state index contributed by atoms with van der Waals surface area (Å²) in [5, 5.41) is 7.77. The van der Waals surface area contributed by atoms with Gasteiger partial charge in [0.25, 0.3) is 11.5 Å². The van der Waals surface area contributed by atoms with Gasteiger partial charge in [-0.3, -0.25) is 9.59 Å². The van der Waals surface area contributed by atoms with Crippen LogP contribution in [-0.4, -0.2) is 35.5 Å². The highest BCUT2D eigenvalue weighted by Gasteiger charge is 2.18. The van der Waals surface area contributed by atoms with Crippen LogP contribution in [0.25, 0.3) is 10.9 Å². The third kappa shape index (κ3) is 6.77. The maximum Gasteiger partial charge on any atom is 0.282 e. The lowest BCUT2D eigenvalue weighted by Gasteiger charge is -2.15. The van der Waals surface area contributed by atoms with Crippen LogP contribution in [-0.2, 0) is 11.2 Å². The molecule has 1 N–H and O–H groups in total. The van der Waals surface area contributed by atoms with Crippen molar-refractivity contribution >= 4 is 76.5 Å². The number of aromatic nitrogens is 2. The molecule has 0 saturated carbocycles. The number of nitrogens with zero attached hydrogens (tertiary/aromatic N) is 3. The second-order valence-electron chi connectivity index (χ2n) is 8.63. The van der Waals surface area contributed by atoms with Gasteiger partial charge in [0.1, 0.15) is 5.82 Å². The monoisotopic (exact) mass is 718 g/mol. The molecule has 4 rings (SSSR count). The van der Waals surface area contributed by atoms with Gasteiger partial charge in [0, 0.05) is 26.6 Å². The molecule has 39 heavy (non-hydrogen) atoms. The number of fused-ring (bicyclic) bond motifs is 1.